The summed E-state index contributed by atoms with van der Waals surface area (Å²) in [4.78, 5) is 28.6. The lowest BCUT2D eigenvalue weighted by Crippen LogP contribution is -2.38. The molecule has 0 bridgehead atoms. The average Bonchev–Trinajstić information content (AvgIpc) is 3.13. The number of carboxylic acid groups (broad SMARTS) is 1. The van der Waals surface area contributed by atoms with Gasteiger partial charge in [0.25, 0.3) is 0 Å². The highest BCUT2D eigenvalue weighted by atomic mass is 16.4. The number of nitrogens with zero attached hydrogens (tertiary/aromatic N) is 2. The van der Waals surface area contributed by atoms with Crippen LogP contribution in [0.25, 0.3) is 0 Å². The SMILES string of the molecule is CC(C)N(C(=O)C1CC1)c1ccc(C(=O)O)cn1. The maximum Gasteiger partial charge on any atom is 0.337 e. The Bertz CT molecular complexity index is 464. The van der Waals surface area contributed by atoms with Crippen molar-refractivity contribution in [3.63, 3.8) is 0 Å². The van der Waals surface area contributed by atoms with E-state index >= 15 is 0 Å². The van der Waals surface area contributed by atoms with Gasteiger partial charge in [0.1, 0.15) is 5.82 Å². The predicted molar refractivity (Wildman–Crippen MR) is 66.5 cm³/mol. The van der Waals surface area contributed by atoms with Gasteiger partial charge < -0.3 is 5.11 Å². The third-order valence-corrected chi connectivity index (χ3v) is 2.92. The number of hydrogen-bond donors (Lipinski definition) is 1. The lowest BCUT2D eigenvalue weighted by molar-refractivity contribution is -0.120. The first kappa shape index (κ1) is 12.5. The molecule has 1 aliphatic rings. The first-order chi connectivity index (χ1) is 8.50. The third-order valence-electron chi connectivity index (χ3n) is 2.92. The van der Waals surface area contributed by atoms with E-state index in [1.807, 2.05) is 13.8 Å². The van der Waals surface area contributed by atoms with Gasteiger partial charge in [-0.05, 0) is 38.8 Å². The van der Waals surface area contributed by atoms with Crippen LogP contribution in [0.4, 0.5) is 5.82 Å². The van der Waals surface area contributed by atoms with Crippen molar-refractivity contribution in [3.8, 4) is 0 Å². The van der Waals surface area contributed by atoms with Crippen LogP contribution in [-0.2, 0) is 4.79 Å². The molecule has 1 N–H and O–H groups in total. The largest absolute Gasteiger partial charge is 0.478 e. The van der Waals surface area contributed by atoms with Crippen molar-refractivity contribution in [2.45, 2.75) is 32.7 Å². The molecule has 1 aliphatic carbocycles. The van der Waals surface area contributed by atoms with E-state index in [4.69, 9.17) is 5.11 Å². The van der Waals surface area contributed by atoms with Crippen molar-refractivity contribution >= 4 is 17.7 Å². The van der Waals surface area contributed by atoms with Crippen molar-refractivity contribution in [1.29, 1.82) is 0 Å². The van der Waals surface area contributed by atoms with E-state index < -0.39 is 5.97 Å². The predicted octanol–water partition coefficient (Wildman–Crippen LogP) is 1.93. The van der Waals surface area contributed by atoms with Crippen LogP contribution in [0, 0.1) is 5.92 Å². The number of amides is 1. The quantitative estimate of drug-likeness (QED) is 0.883. The summed E-state index contributed by atoms with van der Waals surface area (Å²) >= 11 is 0. The molecule has 1 heterocycles. The van der Waals surface area contributed by atoms with Crippen molar-refractivity contribution in [1.82, 2.24) is 4.98 Å². The molecule has 1 amide bonds. The molecule has 0 spiro atoms. The second-order valence-corrected chi connectivity index (χ2v) is 4.79. The summed E-state index contributed by atoms with van der Waals surface area (Å²) in [5.41, 5.74) is 0.126. The average molecular weight is 248 g/mol. The Hall–Kier alpha value is -1.91. The fraction of sp³-hybridized carbons (Fsp3) is 0.462. The number of rotatable bonds is 4. The lowest BCUT2D eigenvalue weighted by atomic mass is 10.2. The Labute approximate surface area is 105 Å². The second kappa shape index (κ2) is 4.76. The lowest BCUT2D eigenvalue weighted by Gasteiger charge is -2.25. The summed E-state index contributed by atoms with van der Waals surface area (Å²) in [6, 6.07) is 3.07. The molecule has 0 saturated heterocycles. The van der Waals surface area contributed by atoms with Gasteiger partial charge in [0.05, 0.1) is 5.56 Å². The van der Waals surface area contributed by atoms with E-state index in [0.29, 0.717) is 5.82 Å². The molecule has 0 atom stereocenters. The molecule has 5 nitrogen and oxygen atoms in total. The number of carbonyl (C=O) groups excluding carboxylic acids is 1. The fourth-order valence-corrected chi connectivity index (χ4v) is 1.81. The zero-order valence-corrected chi connectivity index (χ0v) is 10.5. The van der Waals surface area contributed by atoms with E-state index in [-0.39, 0.29) is 23.4 Å². The van der Waals surface area contributed by atoms with E-state index in [1.54, 1.807) is 11.0 Å². The number of hydrogen-bond acceptors (Lipinski definition) is 3. The normalized spacial score (nSPS) is 14.6. The summed E-state index contributed by atoms with van der Waals surface area (Å²) in [5.74, 6) is -0.292. The number of aromatic nitrogens is 1. The molecule has 0 aromatic carbocycles. The summed E-state index contributed by atoms with van der Waals surface area (Å²) in [6.45, 7) is 3.85. The monoisotopic (exact) mass is 248 g/mol. The molecule has 0 unspecified atom stereocenters. The van der Waals surface area contributed by atoms with Crippen LogP contribution in [0.3, 0.4) is 0 Å². The van der Waals surface area contributed by atoms with Gasteiger partial charge in [-0.15, -0.1) is 0 Å². The molecule has 5 heteroatoms. The molecule has 0 radical (unpaired) electrons. The highest BCUT2D eigenvalue weighted by Crippen LogP contribution is 2.33. The van der Waals surface area contributed by atoms with Crippen molar-refractivity contribution in [3.05, 3.63) is 23.9 Å². The molecule has 0 aliphatic heterocycles. The van der Waals surface area contributed by atoms with Crippen LogP contribution in [0.5, 0.6) is 0 Å². The summed E-state index contributed by atoms with van der Waals surface area (Å²) in [5, 5.41) is 8.81. The second-order valence-electron chi connectivity index (χ2n) is 4.79. The van der Waals surface area contributed by atoms with Gasteiger partial charge in [0.15, 0.2) is 0 Å². The number of carboxylic acids is 1. The summed E-state index contributed by atoms with van der Waals surface area (Å²) in [7, 11) is 0. The highest BCUT2D eigenvalue weighted by molar-refractivity contribution is 5.96. The van der Waals surface area contributed by atoms with Gasteiger partial charge >= 0.3 is 5.97 Å². The van der Waals surface area contributed by atoms with Crippen LogP contribution in [-0.4, -0.2) is 28.0 Å². The molecule has 2 rings (SSSR count). The topological polar surface area (TPSA) is 70.5 Å². The van der Waals surface area contributed by atoms with Crippen molar-refractivity contribution < 1.29 is 14.7 Å². The maximum absolute atomic E-state index is 12.1. The number of aromatic carboxylic acids is 1. The minimum Gasteiger partial charge on any atom is -0.478 e. The number of pyridine rings is 1. The van der Waals surface area contributed by atoms with Crippen LogP contribution < -0.4 is 4.90 Å². The van der Waals surface area contributed by atoms with Crippen LogP contribution in [0.1, 0.15) is 37.0 Å². The van der Waals surface area contributed by atoms with Gasteiger partial charge in [0.2, 0.25) is 5.91 Å². The van der Waals surface area contributed by atoms with Crippen molar-refractivity contribution in [2.75, 3.05) is 4.90 Å². The van der Waals surface area contributed by atoms with Crippen molar-refractivity contribution in [2.24, 2.45) is 5.92 Å². The highest BCUT2D eigenvalue weighted by Gasteiger charge is 2.35. The van der Waals surface area contributed by atoms with Gasteiger partial charge in [0, 0.05) is 18.2 Å². The summed E-state index contributed by atoms with van der Waals surface area (Å²) in [6.07, 6.45) is 3.16. The Morgan fingerprint density at radius 2 is 2.06 bits per heavy atom. The van der Waals surface area contributed by atoms with Gasteiger partial charge in [-0.1, -0.05) is 0 Å². The van der Waals surface area contributed by atoms with Gasteiger partial charge in [-0.25, -0.2) is 9.78 Å². The Morgan fingerprint density at radius 1 is 1.39 bits per heavy atom. The van der Waals surface area contributed by atoms with Crippen LogP contribution in [0.15, 0.2) is 18.3 Å². The Balaban J connectivity index is 2.25. The molecular weight excluding hydrogens is 232 g/mol. The molecule has 96 valence electrons. The van der Waals surface area contributed by atoms with E-state index in [1.165, 1.54) is 12.3 Å². The molecular formula is C13H16N2O3. The smallest absolute Gasteiger partial charge is 0.337 e. The fourth-order valence-electron chi connectivity index (χ4n) is 1.81. The van der Waals surface area contributed by atoms with Gasteiger partial charge in [-0.3, -0.25) is 9.69 Å². The van der Waals surface area contributed by atoms with E-state index in [0.717, 1.165) is 12.8 Å². The molecule has 1 aromatic rings. The standard InChI is InChI=1S/C13H16N2O3/c1-8(2)15(12(16)9-3-4-9)11-6-5-10(7-14-11)13(17)18/h5-9H,3-4H2,1-2H3,(H,17,18). The zero-order chi connectivity index (χ0) is 13.3. The minimum absolute atomic E-state index is 0.0151. The Kier molecular flexibility index (Phi) is 3.32. The van der Waals surface area contributed by atoms with Crippen LogP contribution in [0.2, 0.25) is 0 Å². The Morgan fingerprint density at radius 3 is 2.44 bits per heavy atom. The molecule has 18 heavy (non-hydrogen) atoms. The van der Waals surface area contributed by atoms with Gasteiger partial charge in [-0.2, -0.15) is 0 Å². The third kappa shape index (κ3) is 2.50. The number of carbonyl (C=O) groups is 2. The number of anilines is 1. The van der Waals surface area contributed by atoms with E-state index in [9.17, 15) is 9.59 Å². The van der Waals surface area contributed by atoms with E-state index in [2.05, 4.69) is 4.98 Å². The molecule has 1 saturated carbocycles. The van der Waals surface area contributed by atoms with Crippen LogP contribution >= 0.6 is 0 Å². The summed E-state index contributed by atoms with van der Waals surface area (Å²) < 4.78 is 0. The first-order valence-corrected chi connectivity index (χ1v) is 6.03. The molecule has 1 fully saturated rings. The maximum atomic E-state index is 12.1. The minimum atomic E-state index is -1.02. The first-order valence-electron chi connectivity index (χ1n) is 6.03. The zero-order valence-electron chi connectivity index (χ0n) is 10.5. The molecule has 1 aromatic heterocycles.